The van der Waals surface area contributed by atoms with Gasteiger partial charge in [0.15, 0.2) is 0 Å². The molecule has 2 rings (SSSR count). The van der Waals surface area contributed by atoms with Crippen LogP contribution in [0.3, 0.4) is 0 Å². The van der Waals surface area contributed by atoms with Crippen LogP contribution in [-0.4, -0.2) is 53.2 Å². The molecule has 1 heterocycles. The molecule has 1 aliphatic rings. The van der Waals surface area contributed by atoms with Gasteiger partial charge in [0.2, 0.25) is 5.91 Å². The van der Waals surface area contributed by atoms with Crippen LogP contribution in [0.5, 0.6) is 0 Å². The summed E-state index contributed by atoms with van der Waals surface area (Å²) in [5.74, 6) is 6.08. The molecule has 0 aliphatic carbocycles. The van der Waals surface area contributed by atoms with Crippen molar-refractivity contribution in [3.63, 3.8) is 0 Å². The van der Waals surface area contributed by atoms with E-state index in [0.29, 0.717) is 6.54 Å². The smallest absolute Gasteiger partial charge is 0.318 e. The maximum absolute atomic E-state index is 12.6. The Bertz CT molecular complexity index is 734. The first-order valence-electron chi connectivity index (χ1n) is 9.92. The van der Waals surface area contributed by atoms with E-state index in [0.717, 1.165) is 24.0 Å². The number of unbranched alkanes of at least 4 members (excludes halogenated alkanes) is 1. The van der Waals surface area contributed by atoms with Crippen molar-refractivity contribution in [3.8, 4) is 11.8 Å². The Morgan fingerprint density at radius 2 is 1.89 bits per heavy atom. The Morgan fingerprint density at radius 3 is 2.43 bits per heavy atom. The minimum Gasteiger partial charge on any atom is -0.394 e. The largest absolute Gasteiger partial charge is 0.394 e. The SMILES string of the molecule is CCCC#Cc1ccc([C@H]2[C@@H](CO)N(C(=O)NC(C)C)[C@H]2CNC(C)=O)cc1. The third-order valence-corrected chi connectivity index (χ3v) is 4.84. The molecule has 6 heteroatoms. The normalized spacial score (nSPS) is 20.8. The van der Waals surface area contributed by atoms with Crippen molar-refractivity contribution in [1.82, 2.24) is 15.5 Å². The molecule has 152 valence electrons. The summed E-state index contributed by atoms with van der Waals surface area (Å²) in [6, 6.07) is 7.18. The fourth-order valence-electron chi connectivity index (χ4n) is 3.57. The molecule has 28 heavy (non-hydrogen) atoms. The van der Waals surface area contributed by atoms with E-state index in [4.69, 9.17) is 0 Å². The molecule has 0 radical (unpaired) electrons. The molecule has 1 aliphatic heterocycles. The van der Waals surface area contributed by atoms with Gasteiger partial charge in [-0.15, -0.1) is 0 Å². The summed E-state index contributed by atoms with van der Waals surface area (Å²) in [4.78, 5) is 25.7. The number of nitrogens with zero attached hydrogens (tertiary/aromatic N) is 1. The van der Waals surface area contributed by atoms with Gasteiger partial charge in [0.1, 0.15) is 0 Å². The van der Waals surface area contributed by atoms with E-state index in [1.165, 1.54) is 6.92 Å². The number of hydrogen-bond donors (Lipinski definition) is 3. The molecule has 6 nitrogen and oxygen atoms in total. The molecule has 3 amide bonds. The first-order chi connectivity index (χ1) is 13.4. The fourth-order valence-corrected chi connectivity index (χ4v) is 3.57. The summed E-state index contributed by atoms with van der Waals surface area (Å²) in [6.45, 7) is 7.55. The minimum atomic E-state index is -0.325. The molecular weight excluding hydrogens is 354 g/mol. The average Bonchev–Trinajstić information content (AvgIpc) is 2.61. The number of benzene rings is 1. The fraction of sp³-hybridized carbons (Fsp3) is 0.545. The van der Waals surface area contributed by atoms with Gasteiger partial charge in [-0.05, 0) is 38.0 Å². The lowest BCUT2D eigenvalue weighted by Gasteiger charge is -2.54. The predicted octanol–water partition coefficient (Wildman–Crippen LogP) is 2.22. The summed E-state index contributed by atoms with van der Waals surface area (Å²) >= 11 is 0. The topological polar surface area (TPSA) is 81.7 Å². The first kappa shape index (κ1) is 21.8. The molecule has 0 bridgehead atoms. The van der Waals surface area contributed by atoms with Gasteiger partial charge >= 0.3 is 6.03 Å². The maximum atomic E-state index is 12.6. The Hall–Kier alpha value is -2.52. The van der Waals surface area contributed by atoms with Crippen LogP contribution in [0.4, 0.5) is 4.79 Å². The number of aliphatic hydroxyl groups is 1. The molecule has 0 unspecified atom stereocenters. The van der Waals surface area contributed by atoms with Gasteiger partial charge in [-0.25, -0.2) is 4.79 Å². The maximum Gasteiger partial charge on any atom is 0.318 e. The zero-order valence-corrected chi connectivity index (χ0v) is 17.2. The van der Waals surface area contributed by atoms with Gasteiger partial charge < -0.3 is 20.6 Å². The number of nitrogens with one attached hydrogen (secondary N) is 2. The highest BCUT2D eigenvalue weighted by Crippen LogP contribution is 2.40. The Balaban J connectivity index is 2.23. The first-order valence-corrected chi connectivity index (χ1v) is 9.92. The van der Waals surface area contributed by atoms with E-state index in [1.807, 2.05) is 38.1 Å². The van der Waals surface area contributed by atoms with E-state index in [2.05, 4.69) is 29.4 Å². The van der Waals surface area contributed by atoms with Crippen LogP contribution in [0.2, 0.25) is 0 Å². The molecule has 3 N–H and O–H groups in total. The highest BCUT2D eigenvalue weighted by Gasteiger charge is 2.51. The molecule has 0 aromatic heterocycles. The summed E-state index contributed by atoms with van der Waals surface area (Å²) in [7, 11) is 0. The van der Waals surface area contributed by atoms with Crippen molar-refractivity contribution < 1.29 is 14.7 Å². The van der Waals surface area contributed by atoms with Gasteiger partial charge in [0.05, 0.1) is 18.7 Å². The van der Waals surface area contributed by atoms with Crippen molar-refractivity contribution in [3.05, 3.63) is 35.4 Å². The van der Waals surface area contributed by atoms with Crippen LogP contribution in [-0.2, 0) is 4.79 Å². The van der Waals surface area contributed by atoms with E-state index in [1.54, 1.807) is 4.90 Å². The zero-order chi connectivity index (χ0) is 20.7. The third-order valence-electron chi connectivity index (χ3n) is 4.84. The molecule has 3 atom stereocenters. The lowest BCUT2D eigenvalue weighted by Crippen LogP contribution is -2.70. The highest BCUT2D eigenvalue weighted by atomic mass is 16.3. The molecule has 1 fully saturated rings. The summed E-state index contributed by atoms with van der Waals surface area (Å²) in [6.07, 6.45) is 1.90. The average molecular weight is 386 g/mol. The number of carbonyl (C=O) groups is 2. The van der Waals surface area contributed by atoms with Crippen LogP contribution in [0.1, 0.15) is 57.6 Å². The Labute approximate surface area is 167 Å². The molecule has 1 aromatic rings. The second-order valence-electron chi connectivity index (χ2n) is 7.47. The second kappa shape index (κ2) is 10.1. The molecule has 0 saturated carbocycles. The van der Waals surface area contributed by atoms with Crippen molar-refractivity contribution in [2.45, 2.75) is 64.6 Å². The Morgan fingerprint density at radius 1 is 1.21 bits per heavy atom. The van der Waals surface area contributed by atoms with E-state index in [-0.39, 0.29) is 42.6 Å². The van der Waals surface area contributed by atoms with Crippen LogP contribution >= 0.6 is 0 Å². The number of amides is 3. The van der Waals surface area contributed by atoms with E-state index < -0.39 is 0 Å². The number of aliphatic hydroxyl groups excluding tert-OH is 1. The summed E-state index contributed by atoms with van der Waals surface area (Å²) < 4.78 is 0. The zero-order valence-electron chi connectivity index (χ0n) is 17.2. The molecule has 1 saturated heterocycles. The van der Waals surface area contributed by atoms with Crippen LogP contribution in [0.25, 0.3) is 0 Å². The monoisotopic (exact) mass is 385 g/mol. The highest BCUT2D eigenvalue weighted by molar-refractivity contribution is 5.77. The minimum absolute atomic E-state index is 0.00622. The molecule has 1 aromatic carbocycles. The number of hydrogen-bond acceptors (Lipinski definition) is 3. The lowest BCUT2D eigenvalue weighted by molar-refractivity contribution is -0.119. The number of likely N-dealkylation sites (tertiary alicyclic amines) is 1. The summed E-state index contributed by atoms with van der Waals surface area (Å²) in [5.41, 5.74) is 1.98. The van der Waals surface area contributed by atoms with Crippen molar-refractivity contribution in [2.24, 2.45) is 0 Å². The Kier molecular flexibility index (Phi) is 7.89. The number of carbonyl (C=O) groups excluding carboxylic acids is 2. The van der Waals surface area contributed by atoms with Crippen LogP contribution in [0, 0.1) is 11.8 Å². The third kappa shape index (κ3) is 5.26. The van der Waals surface area contributed by atoms with Crippen molar-refractivity contribution >= 4 is 11.9 Å². The number of urea groups is 1. The van der Waals surface area contributed by atoms with Crippen LogP contribution < -0.4 is 10.6 Å². The standard InChI is InChI=1S/C22H31N3O3/c1-5-6-7-8-17-9-11-18(12-10-17)21-19(13-23-16(4)27)25(20(21)14-26)22(28)24-15(2)3/h9-12,15,19-21,26H,5-6,13-14H2,1-4H3,(H,23,27)(H,24,28)/t19-,20+,21+/m0/s1. The lowest BCUT2D eigenvalue weighted by atomic mass is 9.75. The van der Waals surface area contributed by atoms with Gasteiger partial charge in [0.25, 0.3) is 0 Å². The van der Waals surface area contributed by atoms with Crippen molar-refractivity contribution in [2.75, 3.05) is 13.2 Å². The van der Waals surface area contributed by atoms with E-state index in [9.17, 15) is 14.7 Å². The van der Waals surface area contributed by atoms with Gasteiger partial charge in [-0.1, -0.05) is 30.9 Å². The molecule has 0 spiro atoms. The van der Waals surface area contributed by atoms with E-state index >= 15 is 0 Å². The quantitative estimate of drug-likeness (QED) is 0.657. The van der Waals surface area contributed by atoms with Gasteiger partial charge in [-0.3, -0.25) is 4.79 Å². The number of rotatable bonds is 6. The predicted molar refractivity (Wildman–Crippen MR) is 110 cm³/mol. The van der Waals surface area contributed by atoms with Crippen molar-refractivity contribution in [1.29, 1.82) is 0 Å². The second-order valence-corrected chi connectivity index (χ2v) is 7.47. The molecular formula is C22H31N3O3. The van der Waals surface area contributed by atoms with Crippen LogP contribution in [0.15, 0.2) is 24.3 Å². The van der Waals surface area contributed by atoms with Gasteiger partial charge in [-0.2, -0.15) is 0 Å². The summed E-state index contributed by atoms with van der Waals surface area (Å²) in [5, 5.41) is 15.6. The van der Waals surface area contributed by atoms with Gasteiger partial charge in [0, 0.05) is 37.4 Å².